The second kappa shape index (κ2) is 4.81. The molecule has 1 rings (SSSR count). The Balaban J connectivity index is 2.81. The molecule has 0 amide bonds. The summed E-state index contributed by atoms with van der Waals surface area (Å²) in [5.41, 5.74) is 0.347. The van der Waals surface area contributed by atoms with Crippen molar-refractivity contribution in [3.05, 3.63) is 18.7 Å². The molecule has 1 aromatic rings. The van der Waals surface area contributed by atoms with Crippen molar-refractivity contribution in [3.63, 3.8) is 0 Å². The maximum absolute atomic E-state index is 4.12. The minimum Gasteiger partial charge on any atom is -0.333 e. The fraction of sp³-hybridized carbons (Fsp3) is 0.786. The zero-order chi connectivity index (χ0) is 13.3. The van der Waals surface area contributed by atoms with Crippen LogP contribution in [0.1, 0.15) is 54.5 Å². The van der Waals surface area contributed by atoms with Gasteiger partial charge in [0.15, 0.2) is 0 Å². The number of aromatic nitrogens is 2. The zero-order valence-electron chi connectivity index (χ0n) is 12.4. The molecule has 0 saturated heterocycles. The molecule has 1 atom stereocenters. The summed E-state index contributed by atoms with van der Waals surface area (Å²) in [6, 6.07) is 0.441. The molecule has 0 aliphatic heterocycles. The van der Waals surface area contributed by atoms with E-state index in [-0.39, 0.29) is 11.1 Å². The van der Waals surface area contributed by atoms with Gasteiger partial charge in [-0.05, 0) is 48.5 Å². The third-order valence-electron chi connectivity index (χ3n) is 3.10. The van der Waals surface area contributed by atoms with E-state index >= 15 is 0 Å². The van der Waals surface area contributed by atoms with Gasteiger partial charge in [-0.3, -0.25) is 4.90 Å². The Morgan fingerprint density at radius 2 is 1.65 bits per heavy atom. The van der Waals surface area contributed by atoms with Gasteiger partial charge in [0.2, 0.25) is 0 Å². The van der Waals surface area contributed by atoms with Crippen LogP contribution in [-0.2, 0) is 0 Å². The van der Waals surface area contributed by atoms with Gasteiger partial charge in [0.1, 0.15) is 0 Å². The Morgan fingerprint density at radius 1 is 1.12 bits per heavy atom. The topological polar surface area (TPSA) is 21.1 Å². The standard InChI is InChI=1S/C14H27N3/c1-12(16-9-8-15-11-16)10-17(13(2,3)4)14(5,6)7/h8-9,11-12H,10H2,1-7H3. The lowest BCUT2D eigenvalue weighted by Crippen LogP contribution is -2.54. The van der Waals surface area contributed by atoms with Crippen LogP contribution >= 0.6 is 0 Å². The Kier molecular flexibility index (Phi) is 4.03. The molecule has 0 fully saturated rings. The normalized spacial score (nSPS) is 15.3. The lowest BCUT2D eigenvalue weighted by molar-refractivity contribution is 0.0264. The first-order valence-corrected chi connectivity index (χ1v) is 6.37. The summed E-state index contributed by atoms with van der Waals surface area (Å²) in [5.74, 6) is 0. The van der Waals surface area contributed by atoms with Gasteiger partial charge in [-0.1, -0.05) is 0 Å². The van der Waals surface area contributed by atoms with Crippen molar-refractivity contribution in [3.8, 4) is 0 Å². The van der Waals surface area contributed by atoms with E-state index in [1.807, 2.05) is 18.7 Å². The molecular weight excluding hydrogens is 210 g/mol. The number of hydrogen-bond acceptors (Lipinski definition) is 2. The smallest absolute Gasteiger partial charge is 0.0948 e. The van der Waals surface area contributed by atoms with Crippen LogP contribution in [0.15, 0.2) is 18.7 Å². The van der Waals surface area contributed by atoms with Crippen LogP contribution in [0.25, 0.3) is 0 Å². The fourth-order valence-corrected chi connectivity index (χ4v) is 2.44. The van der Waals surface area contributed by atoms with Gasteiger partial charge in [0.05, 0.1) is 6.33 Å². The SMILES string of the molecule is CC(CN(C(C)(C)C)C(C)(C)C)n1ccnc1. The molecule has 0 saturated carbocycles. The van der Waals surface area contributed by atoms with Crippen LogP contribution in [0, 0.1) is 0 Å². The summed E-state index contributed by atoms with van der Waals surface area (Å²) >= 11 is 0. The molecule has 3 heteroatoms. The van der Waals surface area contributed by atoms with Crippen molar-refractivity contribution in [1.29, 1.82) is 0 Å². The lowest BCUT2D eigenvalue weighted by Gasteiger charge is -2.46. The van der Waals surface area contributed by atoms with E-state index in [1.165, 1.54) is 0 Å². The molecule has 98 valence electrons. The van der Waals surface area contributed by atoms with Crippen molar-refractivity contribution < 1.29 is 0 Å². The second-order valence-corrected chi connectivity index (χ2v) is 6.81. The van der Waals surface area contributed by atoms with Gasteiger partial charge < -0.3 is 4.57 Å². The summed E-state index contributed by atoms with van der Waals surface area (Å²) in [6.45, 7) is 16.9. The van der Waals surface area contributed by atoms with Crippen molar-refractivity contribution in [2.45, 2.75) is 65.6 Å². The molecule has 1 unspecified atom stereocenters. The van der Waals surface area contributed by atoms with E-state index in [9.17, 15) is 0 Å². The first kappa shape index (κ1) is 14.2. The van der Waals surface area contributed by atoms with Crippen LogP contribution in [0.5, 0.6) is 0 Å². The Hall–Kier alpha value is -0.830. The number of hydrogen-bond donors (Lipinski definition) is 0. The molecule has 0 N–H and O–H groups in total. The minimum absolute atomic E-state index is 0.174. The third kappa shape index (κ3) is 3.84. The molecule has 0 spiro atoms. The molecule has 0 aromatic carbocycles. The zero-order valence-corrected chi connectivity index (χ0v) is 12.4. The number of nitrogens with zero attached hydrogens (tertiary/aromatic N) is 3. The first-order chi connectivity index (χ1) is 7.62. The molecule has 1 aromatic heterocycles. The van der Waals surface area contributed by atoms with Crippen LogP contribution in [0.3, 0.4) is 0 Å². The van der Waals surface area contributed by atoms with Crippen LogP contribution < -0.4 is 0 Å². The fourth-order valence-electron chi connectivity index (χ4n) is 2.44. The van der Waals surface area contributed by atoms with Gasteiger partial charge in [0, 0.05) is 36.1 Å². The second-order valence-electron chi connectivity index (χ2n) is 6.81. The van der Waals surface area contributed by atoms with Gasteiger partial charge in [0.25, 0.3) is 0 Å². The van der Waals surface area contributed by atoms with E-state index in [0.717, 1.165) is 6.54 Å². The van der Waals surface area contributed by atoms with Crippen molar-refractivity contribution >= 4 is 0 Å². The summed E-state index contributed by atoms with van der Waals surface area (Å²) in [6.07, 6.45) is 5.78. The highest BCUT2D eigenvalue weighted by atomic mass is 15.3. The van der Waals surface area contributed by atoms with E-state index < -0.39 is 0 Å². The molecule has 17 heavy (non-hydrogen) atoms. The van der Waals surface area contributed by atoms with Crippen LogP contribution in [-0.4, -0.2) is 32.1 Å². The Morgan fingerprint density at radius 3 is 2.00 bits per heavy atom. The molecular formula is C14H27N3. The average Bonchev–Trinajstić information content (AvgIpc) is 2.62. The molecule has 0 aliphatic carbocycles. The summed E-state index contributed by atoms with van der Waals surface area (Å²) in [5, 5.41) is 0. The predicted molar refractivity (Wildman–Crippen MR) is 73.2 cm³/mol. The maximum atomic E-state index is 4.12. The molecule has 1 heterocycles. The quantitative estimate of drug-likeness (QED) is 0.804. The maximum Gasteiger partial charge on any atom is 0.0948 e. The largest absolute Gasteiger partial charge is 0.333 e. The third-order valence-corrected chi connectivity index (χ3v) is 3.10. The average molecular weight is 237 g/mol. The van der Waals surface area contributed by atoms with Gasteiger partial charge >= 0.3 is 0 Å². The minimum atomic E-state index is 0.174. The summed E-state index contributed by atoms with van der Waals surface area (Å²) < 4.78 is 2.17. The Bertz CT molecular complexity index is 313. The van der Waals surface area contributed by atoms with E-state index in [0.29, 0.717) is 6.04 Å². The van der Waals surface area contributed by atoms with E-state index in [1.54, 1.807) is 0 Å². The first-order valence-electron chi connectivity index (χ1n) is 6.37. The highest BCUT2D eigenvalue weighted by Crippen LogP contribution is 2.26. The van der Waals surface area contributed by atoms with Gasteiger partial charge in [-0.25, -0.2) is 4.98 Å². The predicted octanol–water partition coefficient (Wildman–Crippen LogP) is 3.34. The summed E-state index contributed by atoms with van der Waals surface area (Å²) in [4.78, 5) is 6.67. The van der Waals surface area contributed by atoms with Gasteiger partial charge in [-0.15, -0.1) is 0 Å². The lowest BCUT2D eigenvalue weighted by atomic mass is 9.95. The van der Waals surface area contributed by atoms with Crippen molar-refractivity contribution in [1.82, 2.24) is 14.5 Å². The Labute approximate surface area is 106 Å². The van der Waals surface area contributed by atoms with E-state index in [4.69, 9.17) is 0 Å². The number of rotatable bonds is 3. The van der Waals surface area contributed by atoms with Crippen LogP contribution in [0.4, 0.5) is 0 Å². The molecule has 0 bridgehead atoms. The highest BCUT2D eigenvalue weighted by Gasteiger charge is 2.32. The number of imidazole rings is 1. The van der Waals surface area contributed by atoms with E-state index in [2.05, 4.69) is 62.9 Å². The molecule has 3 nitrogen and oxygen atoms in total. The highest BCUT2D eigenvalue weighted by molar-refractivity contribution is 4.90. The van der Waals surface area contributed by atoms with Crippen molar-refractivity contribution in [2.75, 3.05) is 6.54 Å². The monoisotopic (exact) mass is 237 g/mol. The van der Waals surface area contributed by atoms with Crippen molar-refractivity contribution in [2.24, 2.45) is 0 Å². The molecule has 0 aliphatic rings. The summed E-state index contributed by atoms with van der Waals surface area (Å²) in [7, 11) is 0. The molecule has 0 radical (unpaired) electrons. The van der Waals surface area contributed by atoms with Gasteiger partial charge in [-0.2, -0.15) is 0 Å². The van der Waals surface area contributed by atoms with Crippen LogP contribution in [0.2, 0.25) is 0 Å².